The van der Waals surface area contributed by atoms with Gasteiger partial charge in [0.05, 0.1) is 0 Å². The third-order valence-electron chi connectivity index (χ3n) is 0. The molecule has 0 aliphatic heterocycles. The second-order valence-corrected chi connectivity index (χ2v) is 0. The molecule has 0 bridgehead atoms. The summed E-state index contributed by atoms with van der Waals surface area (Å²) in [5.41, 5.74) is 0. The molecule has 0 saturated heterocycles. The van der Waals surface area contributed by atoms with E-state index in [1.165, 1.54) is 0 Å². The zero-order valence-electron chi connectivity index (χ0n) is 1.86. The molecule has 0 unspecified atom stereocenters. The van der Waals surface area contributed by atoms with Gasteiger partial charge in [0.2, 0.25) is 0 Å². The third-order valence-corrected chi connectivity index (χ3v) is 0. The maximum Gasteiger partial charge on any atom is 0 e. The van der Waals surface area contributed by atoms with Crippen molar-refractivity contribution >= 4 is 22.5 Å². The van der Waals surface area contributed by atoms with Crippen LogP contribution in [0.15, 0.2) is 0 Å². The molecule has 0 spiro atoms. The standard InChI is InChI=1S/O.Sn.Ti.V. The Bertz CT molecular complexity index is 8.00. The van der Waals surface area contributed by atoms with E-state index in [0.29, 0.717) is 22.5 Å². The SMILES string of the molecule is [O]=[Sn].[Ti].[V]. The van der Waals surface area contributed by atoms with Crippen molar-refractivity contribution in [1.29, 1.82) is 0 Å². The van der Waals surface area contributed by atoms with Crippen LogP contribution in [-0.4, -0.2) is 22.5 Å². The molecule has 1 nitrogen and oxygen atoms in total. The van der Waals surface area contributed by atoms with Crippen LogP contribution in [0.1, 0.15) is 0 Å². The van der Waals surface area contributed by atoms with Crippen LogP contribution in [-0.2, 0) is 43.4 Å². The minimum absolute atomic E-state index is 0. The molecule has 0 rings (SSSR count). The van der Waals surface area contributed by atoms with Crippen LogP contribution in [0, 0.1) is 0 Å². The molecule has 4 heteroatoms. The van der Waals surface area contributed by atoms with Crippen molar-refractivity contribution in [2.75, 3.05) is 0 Å². The predicted octanol–water partition coefficient (Wildman–Crippen LogP) is -0.505. The number of hydrogen-bond donors (Lipinski definition) is 0. The van der Waals surface area contributed by atoms with Crippen molar-refractivity contribution in [3.8, 4) is 0 Å². The zero-order chi connectivity index (χ0) is 2.00. The van der Waals surface area contributed by atoms with E-state index in [0.717, 1.165) is 0 Å². The van der Waals surface area contributed by atoms with E-state index in [-0.39, 0.29) is 40.3 Å². The van der Waals surface area contributed by atoms with Crippen molar-refractivity contribution in [1.82, 2.24) is 0 Å². The Morgan fingerprint density at radius 2 is 1.25 bits per heavy atom. The fourth-order valence-corrected chi connectivity index (χ4v) is 0. The second kappa shape index (κ2) is 20.7. The van der Waals surface area contributed by atoms with Gasteiger partial charge < -0.3 is 0 Å². The van der Waals surface area contributed by atoms with E-state index in [9.17, 15) is 0 Å². The number of hydrogen-bond acceptors (Lipinski definition) is 1. The average molecular weight is 234 g/mol. The van der Waals surface area contributed by atoms with Crippen LogP contribution in [0.25, 0.3) is 0 Å². The molecular formula is OSnTiV. The Balaban J connectivity index is -0.00000000500. The summed E-state index contributed by atoms with van der Waals surface area (Å²) in [6.07, 6.45) is 0. The molecule has 0 aliphatic rings. The molecule has 0 heterocycles. The first-order chi connectivity index (χ1) is 1.00. The maximum absolute atomic E-state index is 8.34. The van der Waals surface area contributed by atoms with E-state index in [2.05, 4.69) is 0 Å². The molecule has 0 aromatic carbocycles. The summed E-state index contributed by atoms with van der Waals surface area (Å²) < 4.78 is 8.34. The minimum atomic E-state index is 0. The fourth-order valence-electron chi connectivity index (χ4n) is 0. The molecule has 0 fully saturated rings. The van der Waals surface area contributed by atoms with Crippen LogP contribution in [0.2, 0.25) is 0 Å². The zero-order valence-corrected chi connectivity index (χ0v) is 7.67. The minimum Gasteiger partial charge on any atom is 0 e. The van der Waals surface area contributed by atoms with Crippen molar-refractivity contribution < 1.29 is 43.4 Å². The van der Waals surface area contributed by atoms with E-state index >= 15 is 0 Å². The van der Waals surface area contributed by atoms with Gasteiger partial charge in [-0.05, 0) is 0 Å². The smallest absolute Gasteiger partial charge is 0 e. The van der Waals surface area contributed by atoms with E-state index < -0.39 is 0 Å². The first-order valence-electron chi connectivity index (χ1n) is 0.204. The Labute approximate surface area is 65.1 Å². The first-order valence-corrected chi connectivity index (χ1v) is 1.37. The molecule has 0 aliphatic carbocycles. The monoisotopic (exact) mass is 235 g/mol. The number of rotatable bonds is 0. The van der Waals surface area contributed by atoms with Gasteiger partial charge in [-0.15, -0.1) is 0 Å². The Morgan fingerprint density at radius 1 is 1.25 bits per heavy atom. The Kier molecular flexibility index (Phi) is 87.0. The summed E-state index contributed by atoms with van der Waals surface area (Å²) in [7, 11) is 0. The van der Waals surface area contributed by atoms with Gasteiger partial charge in [-0.2, -0.15) is 0 Å². The summed E-state index contributed by atoms with van der Waals surface area (Å²) in [6, 6.07) is 0. The van der Waals surface area contributed by atoms with Crippen LogP contribution in [0.3, 0.4) is 0 Å². The molecule has 0 amide bonds. The molecule has 0 aromatic rings. The van der Waals surface area contributed by atoms with Gasteiger partial charge in [0.25, 0.3) is 0 Å². The van der Waals surface area contributed by atoms with Crippen LogP contribution in [0.4, 0.5) is 0 Å². The summed E-state index contributed by atoms with van der Waals surface area (Å²) >= 11 is 0.300. The Hall–Kier alpha value is 1.90. The van der Waals surface area contributed by atoms with Crippen molar-refractivity contribution in [2.45, 2.75) is 0 Å². The molecule has 0 N–H and O–H groups in total. The molecule has 0 saturated carbocycles. The summed E-state index contributed by atoms with van der Waals surface area (Å²) in [4.78, 5) is 0. The maximum atomic E-state index is 8.34. The second-order valence-electron chi connectivity index (χ2n) is 0. The third kappa shape index (κ3) is 9.09. The molecule has 4 heavy (non-hydrogen) atoms. The molecule has 19 valence electrons. The molecule has 0 aromatic heterocycles. The van der Waals surface area contributed by atoms with Crippen LogP contribution in [0.5, 0.6) is 0 Å². The molecule has 3 radical (unpaired) electrons. The van der Waals surface area contributed by atoms with Gasteiger partial charge in [-0.1, -0.05) is 0 Å². The van der Waals surface area contributed by atoms with Crippen LogP contribution < -0.4 is 0 Å². The normalized spacial score (nSPS) is 1.00. The molecular weight excluding hydrogens is 234 g/mol. The predicted molar refractivity (Wildman–Crippen MR) is 6.44 cm³/mol. The van der Waals surface area contributed by atoms with Gasteiger partial charge in [0.15, 0.2) is 0 Å². The van der Waals surface area contributed by atoms with Crippen molar-refractivity contribution in [3.63, 3.8) is 0 Å². The summed E-state index contributed by atoms with van der Waals surface area (Å²) in [5, 5.41) is 0. The quantitative estimate of drug-likeness (QED) is 0.516. The van der Waals surface area contributed by atoms with Crippen LogP contribution >= 0.6 is 0 Å². The van der Waals surface area contributed by atoms with Gasteiger partial charge in [0.1, 0.15) is 0 Å². The fraction of sp³-hybridized carbons (Fsp3) is 0. The van der Waals surface area contributed by atoms with Gasteiger partial charge in [-0.3, -0.25) is 0 Å². The Morgan fingerprint density at radius 3 is 1.25 bits per heavy atom. The largest absolute Gasteiger partial charge is 0 e. The summed E-state index contributed by atoms with van der Waals surface area (Å²) in [5.74, 6) is 0. The van der Waals surface area contributed by atoms with Gasteiger partial charge >= 0.3 is 25.6 Å². The summed E-state index contributed by atoms with van der Waals surface area (Å²) in [6.45, 7) is 0. The van der Waals surface area contributed by atoms with Gasteiger partial charge in [0, 0.05) is 40.3 Å². The molecule has 0 atom stereocenters. The van der Waals surface area contributed by atoms with Gasteiger partial charge in [-0.25, -0.2) is 0 Å². The van der Waals surface area contributed by atoms with E-state index in [4.69, 9.17) is 3.08 Å². The van der Waals surface area contributed by atoms with Crippen molar-refractivity contribution in [3.05, 3.63) is 0 Å². The topological polar surface area (TPSA) is 17.1 Å². The van der Waals surface area contributed by atoms with Crippen molar-refractivity contribution in [2.24, 2.45) is 0 Å². The average Bonchev–Trinajstić information content (AvgIpc) is 1.00. The van der Waals surface area contributed by atoms with E-state index in [1.54, 1.807) is 0 Å². The van der Waals surface area contributed by atoms with E-state index in [1.807, 2.05) is 0 Å². The first kappa shape index (κ1) is 16.8.